The molecule has 3 heteroatoms. The van der Waals surface area contributed by atoms with Crippen molar-refractivity contribution in [3.8, 4) is 44.9 Å². The van der Waals surface area contributed by atoms with Gasteiger partial charge >= 0.3 is 0 Å². The van der Waals surface area contributed by atoms with Crippen LogP contribution in [0, 0.1) is 0 Å². The molecule has 2 aliphatic rings. The van der Waals surface area contributed by atoms with Gasteiger partial charge in [0.1, 0.15) is 22.7 Å². The van der Waals surface area contributed by atoms with Gasteiger partial charge in [-0.25, -0.2) is 0 Å². The molecule has 0 unspecified atom stereocenters. The second kappa shape index (κ2) is 14.2. The minimum Gasteiger partial charge on any atom is -0.456 e. The normalized spacial score (nSPS) is 13.1. The van der Waals surface area contributed by atoms with Crippen LogP contribution < -0.4 is 9.64 Å². The maximum Gasteiger partial charge on any atom is 0.140 e. The topological polar surface area (TPSA) is 25.6 Å². The van der Waals surface area contributed by atoms with Crippen molar-refractivity contribution >= 4 is 60.5 Å². The van der Waals surface area contributed by atoms with Gasteiger partial charge in [0.25, 0.3) is 0 Å². The van der Waals surface area contributed by atoms with Crippen LogP contribution in [0.25, 0.3) is 76.9 Å². The number of benzene rings is 11. The molecule has 0 saturated heterocycles. The summed E-state index contributed by atoms with van der Waals surface area (Å²) >= 11 is 0. The molecule has 2 heterocycles. The average Bonchev–Trinajstić information content (AvgIpc) is 3.90. The SMILES string of the molecule is c1ccc(-c2ccccc2N(c2cccc(-c3ccc4c(c3)C3(c5ccccc5-4)c4ccc5ccccc5c4Oc4c3ccc3ccccc43)c2)c2ccc3c(c2)oc2ccccc23)cc1. The number of rotatable bonds is 5. The lowest BCUT2D eigenvalue weighted by Gasteiger charge is -2.40. The largest absolute Gasteiger partial charge is 0.456 e. The molecule has 3 nitrogen and oxygen atoms in total. The number of nitrogens with zero attached hydrogens (tertiary/aromatic N) is 1. The highest BCUT2D eigenvalue weighted by Crippen LogP contribution is 2.64. The smallest absolute Gasteiger partial charge is 0.140 e. The number of ether oxygens (including phenoxy) is 1. The van der Waals surface area contributed by atoms with Crippen LogP contribution in [0.2, 0.25) is 0 Å². The van der Waals surface area contributed by atoms with Crippen molar-refractivity contribution in [2.24, 2.45) is 0 Å². The molecule has 0 radical (unpaired) electrons. The summed E-state index contributed by atoms with van der Waals surface area (Å²) in [6.07, 6.45) is 0. The Bertz CT molecular complexity index is 3850. The Morgan fingerprint density at radius 1 is 0.318 bits per heavy atom. The zero-order valence-electron chi connectivity index (χ0n) is 35.8. The number of para-hydroxylation sites is 2. The molecule has 0 N–H and O–H groups in total. The molecule has 1 aliphatic heterocycles. The van der Waals surface area contributed by atoms with E-state index in [4.69, 9.17) is 9.15 Å². The summed E-state index contributed by atoms with van der Waals surface area (Å²) in [5.74, 6) is 1.84. The summed E-state index contributed by atoms with van der Waals surface area (Å²) in [4.78, 5) is 2.38. The molecule has 1 aromatic heterocycles. The van der Waals surface area contributed by atoms with Crippen molar-refractivity contribution in [2.75, 3.05) is 4.90 Å². The van der Waals surface area contributed by atoms with E-state index < -0.39 is 5.41 Å². The molecule has 11 aromatic carbocycles. The molecule has 0 fully saturated rings. The molecular formula is C63H39NO2. The highest BCUT2D eigenvalue weighted by atomic mass is 16.5. The third kappa shape index (κ3) is 5.26. The minimum atomic E-state index is -0.640. The van der Waals surface area contributed by atoms with Crippen molar-refractivity contribution < 1.29 is 9.15 Å². The van der Waals surface area contributed by atoms with Crippen molar-refractivity contribution in [1.82, 2.24) is 0 Å². The lowest BCUT2D eigenvalue weighted by molar-refractivity contribution is 0.447. The van der Waals surface area contributed by atoms with Crippen LogP contribution in [0.5, 0.6) is 11.5 Å². The van der Waals surface area contributed by atoms with Gasteiger partial charge in [-0.3, -0.25) is 0 Å². The van der Waals surface area contributed by atoms with E-state index >= 15 is 0 Å². The first kappa shape index (κ1) is 36.8. The van der Waals surface area contributed by atoms with Crippen LogP contribution in [0.3, 0.4) is 0 Å². The van der Waals surface area contributed by atoms with Gasteiger partial charge in [-0.2, -0.15) is 0 Å². The molecule has 1 aliphatic carbocycles. The number of fused-ring (bicyclic) bond motifs is 16. The Hall–Kier alpha value is -8.66. The summed E-state index contributed by atoms with van der Waals surface area (Å²) in [6.45, 7) is 0. The van der Waals surface area contributed by atoms with Gasteiger partial charge in [-0.15, -0.1) is 0 Å². The molecule has 66 heavy (non-hydrogen) atoms. The predicted molar refractivity (Wildman–Crippen MR) is 272 cm³/mol. The monoisotopic (exact) mass is 841 g/mol. The molecule has 0 saturated carbocycles. The zero-order valence-corrected chi connectivity index (χ0v) is 35.8. The van der Waals surface area contributed by atoms with Crippen molar-refractivity contribution in [1.29, 1.82) is 0 Å². The summed E-state index contributed by atoms with van der Waals surface area (Å²) in [5, 5.41) is 6.75. The van der Waals surface area contributed by atoms with E-state index in [1.807, 2.05) is 12.1 Å². The predicted octanol–water partition coefficient (Wildman–Crippen LogP) is 17.2. The van der Waals surface area contributed by atoms with Gasteiger partial charge in [0.05, 0.1) is 11.1 Å². The summed E-state index contributed by atoms with van der Waals surface area (Å²) in [5.41, 5.74) is 16.1. The van der Waals surface area contributed by atoms with Crippen LogP contribution >= 0.6 is 0 Å². The lowest BCUT2D eigenvalue weighted by Crippen LogP contribution is -2.32. The van der Waals surface area contributed by atoms with Crippen LogP contribution in [0.15, 0.2) is 241 Å². The number of anilines is 3. The van der Waals surface area contributed by atoms with Gasteiger partial charge in [0.2, 0.25) is 0 Å². The van der Waals surface area contributed by atoms with E-state index in [9.17, 15) is 0 Å². The molecule has 0 atom stereocenters. The standard InChI is InChI=1S/C63H39NO2/c1-2-15-40(16-3-1)47-21-9-12-27-58(47)64(46-32-34-53-52-25-10-13-28-59(52)65-60(53)39-46)45-20-14-19-43(37-45)44-29-33-51-50-24-8-11-26-54(50)63(57(51)38-44)55-35-30-41-17-4-6-22-48(41)61(55)66-62-49-23-7-5-18-42(49)31-36-56(62)63/h1-39H. The van der Waals surface area contributed by atoms with E-state index in [1.54, 1.807) is 0 Å². The van der Waals surface area contributed by atoms with Crippen molar-refractivity contribution in [2.45, 2.75) is 5.41 Å². The Labute approximate surface area is 382 Å². The van der Waals surface area contributed by atoms with E-state index in [2.05, 4.69) is 229 Å². The Balaban J connectivity index is 0.998. The van der Waals surface area contributed by atoms with Crippen LogP contribution in [-0.2, 0) is 5.41 Å². The second-order valence-electron chi connectivity index (χ2n) is 17.5. The number of hydrogen-bond donors (Lipinski definition) is 0. The zero-order chi connectivity index (χ0) is 43.3. The summed E-state index contributed by atoms with van der Waals surface area (Å²) in [6, 6.07) is 85.7. The van der Waals surface area contributed by atoms with E-state index in [1.165, 1.54) is 22.3 Å². The van der Waals surface area contributed by atoms with Gasteiger partial charge in [-0.05, 0) is 92.2 Å². The Morgan fingerprint density at radius 3 is 1.70 bits per heavy atom. The van der Waals surface area contributed by atoms with Gasteiger partial charge < -0.3 is 14.1 Å². The van der Waals surface area contributed by atoms with Crippen molar-refractivity contribution in [3.63, 3.8) is 0 Å². The first-order chi connectivity index (χ1) is 32.7. The number of furan rings is 1. The van der Waals surface area contributed by atoms with Gasteiger partial charge in [-0.1, -0.05) is 188 Å². The van der Waals surface area contributed by atoms with Gasteiger partial charge in [0.15, 0.2) is 0 Å². The fourth-order valence-corrected chi connectivity index (χ4v) is 11.2. The van der Waals surface area contributed by atoms with Crippen LogP contribution in [0.4, 0.5) is 17.1 Å². The molecular weight excluding hydrogens is 803 g/mol. The minimum absolute atomic E-state index is 0.640. The fraction of sp³-hybridized carbons (Fsp3) is 0.0159. The van der Waals surface area contributed by atoms with Crippen molar-refractivity contribution in [3.05, 3.63) is 259 Å². The maximum atomic E-state index is 7.24. The molecule has 0 bridgehead atoms. The highest BCUT2D eigenvalue weighted by Gasteiger charge is 2.52. The van der Waals surface area contributed by atoms with E-state index in [0.717, 1.165) is 105 Å². The Morgan fingerprint density at radius 2 is 0.909 bits per heavy atom. The van der Waals surface area contributed by atoms with Gasteiger partial charge in [0, 0.05) is 55.7 Å². The molecule has 308 valence electrons. The average molecular weight is 842 g/mol. The third-order valence-corrected chi connectivity index (χ3v) is 14.1. The van der Waals surface area contributed by atoms with Crippen LogP contribution in [-0.4, -0.2) is 0 Å². The number of hydrogen-bond acceptors (Lipinski definition) is 3. The molecule has 12 aromatic rings. The lowest BCUT2D eigenvalue weighted by atomic mass is 9.65. The van der Waals surface area contributed by atoms with E-state index in [0.29, 0.717) is 0 Å². The maximum absolute atomic E-state index is 7.24. The highest BCUT2D eigenvalue weighted by molar-refractivity contribution is 6.07. The first-order valence-corrected chi connectivity index (χ1v) is 22.7. The third-order valence-electron chi connectivity index (χ3n) is 14.1. The fourth-order valence-electron chi connectivity index (χ4n) is 11.2. The summed E-state index contributed by atoms with van der Waals surface area (Å²) < 4.78 is 13.7. The Kier molecular flexibility index (Phi) is 7.90. The molecule has 14 rings (SSSR count). The second-order valence-corrected chi connectivity index (χ2v) is 17.5. The molecule has 1 spiro atoms. The summed E-state index contributed by atoms with van der Waals surface area (Å²) in [7, 11) is 0. The first-order valence-electron chi connectivity index (χ1n) is 22.7. The molecule has 0 amide bonds. The van der Waals surface area contributed by atoms with E-state index in [-0.39, 0.29) is 0 Å². The quantitative estimate of drug-likeness (QED) is 0.173. The van der Waals surface area contributed by atoms with Crippen LogP contribution in [0.1, 0.15) is 22.3 Å².